The Kier molecular flexibility index (Phi) is 5.85. The van der Waals surface area contributed by atoms with Crippen molar-refractivity contribution in [3.05, 3.63) is 59.7 Å². The van der Waals surface area contributed by atoms with Crippen molar-refractivity contribution in [2.24, 2.45) is 0 Å². The Bertz CT molecular complexity index is 940. The number of amides is 1. The molecule has 4 N–H and O–H groups in total. The Labute approximate surface area is 161 Å². The summed E-state index contributed by atoms with van der Waals surface area (Å²) in [5.74, 6) is 0.0921. The summed E-state index contributed by atoms with van der Waals surface area (Å²) < 4.78 is 10.0. The number of hydrogen-bond donors (Lipinski definition) is 3. The number of nitrogens with one attached hydrogen (secondary N) is 2. The second-order valence-corrected chi connectivity index (χ2v) is 5.72. The van der Waals surface area contributed by atoms with Crippen LogP contribution in [0.15, 0.2) is 48.5 Å². The fraction of sp³-hybridized carbons (Fsp3) is 0.158. The molecule has 0 bridgehead atoms. The van der Waals surface area contributed by atoms with Gasteiger partial charge in [-0.25, -0.2) is 0 Å². The van der Waals surface area contributed by atoms with E-state index in [9.17, 15) is 4.79 Å². The molecule has 2 aromatic carbocycles. The maximum Gasteiger partial charge on any atom is 0.324 e. The number of nitrogens with zero attached hydrogens (tertiary/aromatic N) is 3. The molecule has 0 aliphatic heterocycles. The molecule has 0 saturated heterocycles. The minimum absolute atomic E-state index is 0.154. The molecule has 1 amide bonds. The van der Waals surface area contributed by atoms with E-state index in [0.29, 0.717) is 29.4 Å². The van der Waals surface area contributed by atoms with Crippen LogP contribution in [0.3, 0.4) is 0 Å². The van der Waals surface area contributed by atoms with E-state index < -0.39 is 0 Å². The Morgan fingerprint density at radius 3 is 2.21 bits per heavy atom. The molecular weight excluding hydrogens is 360 g/mol. The van der Waals surface area contributed by atoms with Crippen LogP contribution >= 0.6 is 0 Å². The first-order valence-electron chi connectivity index (χ1n) is 8.42. The van der Waals surface area contributed by atoms with E-state index in [1.807, 2.05) is 24.3 Å². The number of methoxy groups -OCH3 is 2. The zero-order chi connectivity index (χ0) is 19.9. The normalized spacial score (nSPS) is 10.2. The fourth-order valence-electron chi connectivity index (χ4n) is 2.36. The molecule has 28 heavy (non-hydrogen) atoms. The van der Waals surface area contributed by atoms with Crippen LogP contribution in [0, 0.1) is 0 Å². The number of carbonyl (C=O) groups excluding carboxylic acids is 1. The second kappa shape index (κ2) is 8.67. The number of aromatic nitrogens is 3. The van der Waals surface area contributed by atoms with E-state index in [1.54, 1.807) is 24.3 Å². The maximum absolute atomic E-state index is 12.4. The van der Waals surface area contributed by atoms with Gasteiger partial charge in [0.25, 0.3) is 5.91 Å². The number of hydrogen-bond acceptors (Lipinski definition) is 8. The third kappa shape index (κ3) is 4.64. The largest absolute Gasteiger partial charge is 0.467 e. The van der Waals surface area contributed by atoms with Gasteiger partial charge in [0.05, 0.1) is 25.6 Å². The molecule has 0 fully saturated rings. The second-order valence-electron chi connectivity index (χ2n) is 5.72. The van der Waals surface area contributed by atoms with Crippen LogP contribution in [0.1, 0.15) is 15.9 Å². The molecule has 0 spiro atoms. The molecule has 3 aromatic rings. The number of anilines is 3. The molecule has 0 atom stereocenters. The van der Waals surface area contributed by atoms with Gasteiger partial charge in [-0.3, -0.25) is 4.79 Å². The van der Waals surface area contributed by atoms with Gasteiger partial charge in [-0.15, -0.1) is 4.98 Å². The fourth-order valence-corrected chi connectivity index (χ4v) is 2.36. The third-order valence-electron chi connectivity index (χ3n) is 3.84. The lowest BCUT2D eigenvalue weighted by Crippen LogP contribution is -2.13. The van der Waals surface area contributed by atoms with Crippen LogP contribution in [0.4, 0.5) is 17.3 Å². The number of carbonyl (C=O) groups is 1. The highest BCUT2D eigenvalue weighted by molar-refractivity contribution is 6.05. The van der Waals surface area contributed by atoms with E-state index in [1.165, 1.54) is 14.2 Å². The van der Waals surface area contributed by atoms with E-state index >= 15 is 0 Å². The lowest BCUT2D eigenvalue weighted by atomic mass is 10.1. The summed E-state index contributed by atoms with van der Waals surface area (Å²) in [6, 6.07) is 14.6. The van der Waals surface area contributed by atoms with Crippen molar-refractivity contribution in [3.8, 4) is 12.0 Å². The predicted octanol–water partition coefficient (Wildman–Crippen LogP) is 2.34. The van der Waals surface area contributed by atoms with Crippen LogP contribution in [0.25, 0.3) is 0 Å². The highest BCUT2D eigenvalue weighted by Crippen LogP contribution is 2.18. The molecule has 0 saturated carbocycles. The van der Waals surface area contributed by atoms with E-state index in [4.69, 9.17) is 15.2 Å². The molecule has 0 aliphatic carbocycles. The first-order valence-corrected chi connectivity index (χ1v) is 8.42. The van der Waals surface area contributed by atoms with Gasteiger partial charge in [-0.05, 0) is 29.8 Å². The lowest BCUT2D eigenvalue weighted by Gasteiger charge is -2.09. The topological polar surface area (TPSA) is 124 Å². The number of benzene rings is 2. The van der Waals surface area contributed by atoms with Crippen molar-refractivity contribution in [2.45, 2.75) is 6.54 Å². The molecular formula is C19H20N6O3. The molecule has 144 valence electrons. The minimum atomic E-state index is -0.232. The number of rotatable bonds is 7. The van der Waals surface area contributed by atoms with Gasteiger partial charge in [-0.1, -0.05) is 24.3 Å². The SMILES string of the molecule is COc1nc(NCc2ccc(C(=O)Nc3ccccc3N)cc2)nc(OC)n1. The standard InChI is InChI=1S/C19H20N6O3/c1-27-18-23-17(24-19(25-18)28-2)21-11-12-7-9-13(10-8-12)16(26)22-15-6-4-3-5-14(15)20/h3-10H,11,20H2,1-2H3,(H,22,26)(H,21,23,24,25). The summed E-state index contributed by atoms with van der Waals surface area (Å²) in [6.07, 6.45) is 0. The summed E-state index contributed by atoms with van der Waals surface area (Å²) in [5, 5.41) is 5.86. The summed E-state index contributed by atoms with van der Waals surface area (Å²) in [7, 11) is 2.93. The first-order chi connectivity index (χ1) is 13.6. The number of ether oxygens (including phenoxy) is 2. The third-order valence-corrected chi connectivity index (χ3v) is 3.84. The molecule has 3 rings (SSSR count). The van der Waals surface area contributed by atoms with Crippen molar-refractivity contribution >= 4 is 23.2 Å². The van der Waals surface area contributed by atoms with Crippen molar-refractivity contribution in [3.63, 3.8) is 0 Å². The highest BCUT2D eigenvalue weighted by atomic mass is 16.5. The van der Waals surface area contributed by atoms with Crippen LogP contribution in [-0.2, 0) is 6.54 Å². The van der Waals surface area contributed by atoms with Crippen LogP contribution in [-0.4, -0.2) is 35.1 Å². The van der Waals surface area contributed by atoms with Gasteiger partial charge >= 0.3 is 12.0 Å². The summed E-state index contributed by atoms with van der Waals surface area (Å²) >= 11 is 0. The molecule has 1 heterocycles. The van der Waals surface area contributed by atoms with Crippen molar-refractivity contribution in [2.75, 3.05) is 30.6 Å². The van der Waals surface area contributed by atoms with Crippen molar-refractivity contribution < 1.29 is 14.3 Å². The molecule has 0 aliphatic rings. The van der Waals surface area contributed by atoms with Gasteiger partial charge in [-0.2, -0.15) is 9.97 Å². The van der Waals surface area contributed by atoms with E-state index in [0.717, 1.165) is 5.56 Å². The predicted molar refractivity (Wildman–Crippen MR) is 106 cm³/mol. The zero-order valence-corrected chi connectivity index (χ0v) is 15.5. The lowest BCUT2D eigenvalue weighted by molar-refractivity contribution is 0.102. The molecule has 9 nitrogen and oxygen atoms in total. The van der Waals surface area contributed by atoms with Crippen molar-refractivity contribution in [1.29, 1.82) is 0 Å². The van der Waals surface area contributed by atoms with Gasteiger partial charge < -0.3 is 25.8 Å². The monoisotopic (exact) mass is 380 g/mol. The Morgan fingerprint density at radius 2 is 1.61 bits per heavy atom. The molecule has 0 radical (unpaired) electrons. The molecule has 9 heteroatoms. The zero-order valence-electron chi connectivity index (χ0n) is 15.5. The van der Waals surface area contributed by atoms with E-state index in [-0.39, 0.29) is 17.9 Å². The number of nitrogens with two attached hydrogens (primary N) is 1. The van der Waals surface area contributed by atoms with Crippen LogP contribution < -0.4 is 25.8 Å². The molecule has 0 unspecified atom stereocenters. The summed E-state index contributed by atoms with van der Waals surface area (Å²) in [5.41, 5.74) is 8.41. The van der Waals surface area contributed by atoms with Crippen LogP contribution in [0.5, 0.6) is 12.0 Å². The van der Waals surface area contributed by atoms with Gasteiger partial charge in [0.2, 0.25) is 5.95 Å². The van der Waals surface area contributed by atoms with Gasteiger partial charge in [0, 0.05) is 12.1 Å². The quantitative estimate of drug-likeness (QED) is 0.534. The average molecular weight is 380 g/mol. The number of para-hydroxylation sites is 2. The van der Waals surface area contributed by atoms with Crippen LogP contribution in [0.2, 0.25) is 0 Å². The maximum atomic E-state index is 12.4. The molecule has 1 aromatic heterocycles. The summed E-state index contributed by atoms with van der Waals surface area (Å²) in [4.78, 5) is 24.5. The Morgan fingerprint density at radius 1 is 0.964 bits per heavy atom. The Hall–Kier alpha value is -3.88. The Balaban J connectivity index is 1.63. The van der Waals surface area contributed by atoms with E-state index in [2.05, 4.69) is 25.6 Å². The smallest absolute Gasteiger partial charge is 0.324 e. The average Bonchev–Trinajstić information content (AvgIpc) is 2.74. The number of nitrogen functional groups attached to an aromatic ring is 1. The van der Waals surface area contributed by atoms with Gasteiger partial charge in [0.1, 0.15) is 0 Å². The first kappa shape index (κ1) is 18.9. The van der Waals surface area contributed by atoms with Crippen molar-refractivity contribution in [1.82, 2.24) is 15.0 Å². The highest BCUT2D eigenvalue weighted by Gasteiger charge is 2.09. The van der Waals surface area contributed by atoms with Gasteiger partial charge in [0.15, 0.2) is 0 Å². The minimum Gasteiger partial charge on any atom is -0.467 e. The summed E-state index contributed by atoms with van der Waals surface area (Å²) in [6.45, 7) is 0.448.